The smallest absolute Gasteiger partial charge is 0.320 e. The number of unbranched alkanes of at least 4 members (excludes halogenated alkanes) is 1. The monoisotopic (exact) mass is 286 g/mol. The van der Waals surface area contributed by atoms with Crippen molar-refractivity contribution in [3.8, 4) is 0 Å². The molecule has 1 rings (SSSR count). The summed E-state index contributed by atoms with van der Waals surface area (Å²) in [5.41, 5.74) is 9.81. The van der Waals surface area contributed by atoms with Gasteiger partial charge in [0.1, 0.15) is 6.04 Å². The quantitative estimate of drug-likeness (QED) is 0.613. The number of hydrogen-bond donors (Lipinski definition) is 3. The molecule has 7 nitrogen and oxygen atoms in total. The fraction of sp³-hybridized carbons (Fsp3) is 0.692. The Kier molecular flexibility index (Phi) is 9.19. The molecular formula is C13H26N4O3. The van der Waals surface area contributed by atoms with Gasteiger partial charge in [0.25, 0.3) is 0 Å². The summed E-state index contributed by atoms with van der Waals surface area (Å²) in [5, 5.41) is 8.22. The highest BCUT2D eigenvalue weighted by molar-refractivity contribution is 5.76. The second-order valence-electron chi connectivity index (χ2n) is 4.81. The zero-order valence-corrected chi connectivity index (χ0v) is 12.3. The minimum atomic E-state index is -1.11. The van der Waals surface area contributed by atoms with E-state index in [1.165, 1.54) is 19.4 Å². The van der Waals surface area contributed by atoms with E-state index < -0.39 is 17.9 Å². The Morgan fingerprint density at radius 1 is 1.40 bits per heavy atom. The van der Waals surface area contributed by atoms with Gasteiger partial charge in [-0.15, -0.1) is 0 Å². The molecule has 1 atom stereocenters. The minimum absolute atomic E-state index is 0.0213. The number of primary amides is 1. The first-order valence-electron chi connectivity index (χ1n) is 6.76. The van der Waals surface area contributed by atoms with Gasteiger partial charge in [-0.3, -0.25) is 9.59 Å². The van der Waals surface area contributed by atoms with Crippen molar-refractivity contribution in [2.45, 2.75) is 38.6 Å². The summed E-state index contributed by atoms with van der Waals surface area (Å²) in [7, 11) is 2.10. The molecule has 7 heteroatoms. The number of nitrogens with two attached hydrogens (primary N) is 2. The molecule has 116 valence electrons. The van der Waals surface area contributed by atoms with Gasteiger partial charge in [0.05, 0.1) is 6.67 Å². The predicted octanol–water partition coefficient (Wildman–Crippen LogP) is 0.126. The van der Waals surface area contributed by atoms with Crippen LogP contribution in [0.4, 0.5) is 0 Å². The van der Waals surface area contributed by atoms with Crippen LogP contribution >= 0.6 is 0 Å². The van der Waals surface area contributed by atoms with E-state index in [1.807, 2.05) is 0 Å². The third-order valence-corrected chi connectivity index (χ3v) is 2.75. The van der Waals surface area contributed by atoms with Gasteiger partial charge < -0.3 is 26.4 Å². The Bertz CT molecular complexity index is 334. The lowest BCUT2D eigenvalue weighted by Crippen LogP contribution is -2.31. The third kappa shape index (κ3) is 9.21. The fourth-order valence-electron chi connectivity index (χ4n) is 1.52. The largest absolute Gasteiger partial charge is 0.480 e. The topological polar surface area (TPSA) is 113 Å². The molecule has 1 amide bonds. The van der Waals surface area contributed by atoms with Crippen molar-refractivity contribution < 1.29 is 14.7 Å². The normalized spacial score (nSPS) is 14.8. The fourth-order valence-corrected chi connectivity index (χ4v) is 1.52. The van der Waals surface area contributed by atoms with Crippen molar-refractivity contribution in [2.75, 3.05) is 20.3 Å². The molecule has 0 radical (unpaired) electrons. The van der Waals surface area contributed by atoms with Crippen LogP contribution in [0.5, 0.6) is 0 Å². The van der Waals surface area contributed by atoms with E-state index in [9.17, 15) is 9.59 Å². The van der Waals surface area contributed by atoms with Crippen LogP contribution in [-0.2, 0) is 9.59 Å². The molecule has 1 heterocycles. The maximum Gasteiger partial charge on any atom is 0.320 e. The highest BCUT2D eigenvalue weighted by Crippen LogP contribution is 2.04. The number of rotatable bonds is 7. The molecule has 0 bridgehead atoms. The van der Waals surface area contributed by atoms with Crippen molar-refractivity contribution in [1.29, 1.82) is 0 Å². The number of carbonyl (C=O) groups excluding carboxylic acids is 1. The Morgan fingerprint density at radius 2 is 2.05 bits per heavy atom. The lowest BCUT2D eigenvalue weighted by Gasteiger charge is -2.17. The van der Waals surface area contributed by atoms with Crippen LogP contribution < -0.4 is 11.5 Å². The zero-order valence-electron chi connectivity index (χ0n) is 12.3. The lowest BCUT2D eigenvalue weighted by atomic mass is 10.2. The van der Waals surface area contributed by atoms with Gasteiger partial charge in [-0.05, 0) is 12.8 Å². The number of amides is 1. The molecule has 0 spiro atoms. The first kappa shape index (κ1) is 18.2. The average Bonchev–Trinajstić information content (AvgIpc) is 2.79. The maximum atomic E-state index is 10.1. The van der Waals surface area contributed by atoms with E-state index in [4.69, 9.17) is 16.6 Å². The second kappa shape index (κ2) is 10.1. The van der Waals surface area contributed by atoms with Gasteiger partial charge >= 0.3 is 5.97 Å². The molecule has 0 fully saturated rings. The van der Waals surface area contributed by atoms with Crippen molar-refractivity contribution in [2.24, 2.45) is 11.5 Å². The first-order chi connectivity index (χ1) is 9.36. The highest BCUT2D eigenvalue weighted by atomic mass is 16.4. The van der Waals surface area contributed by atoms with Crippen molar-refractivity contribution in [3.63, 3.8) is 0 Å². The summed E-state index contributed by atoms with van der Waals surface area (Å²) in [4.78, 5) is 24.7. The van der Waals surface area contributed by atoms with E-state index in [2.05, 4.69) is 36.2 Å². The molecule has 1 aliphatic heterocycles. The number of hydrogen-bond acceptors (Lipinski definition) is 5. The van der Waals surface area contributed by atoms with E-state index >= 15 is 0 Å². The van der Waals surface area contributed by atoms with Crippen molar-refractivity contribution in [1.82, 2.24) is 9.80 Å². The predicted molar refractivity (Wildman–Crippen MR) is 77.4 cm³/mol. The summed E-state index contributed by atoms with van der Waals surface area (Å²) >= 11 is 0. The standard InChI is InChI=1S/C8H16N2.C5H10N2O3/c1-3-4-5-10-7-6-9(2)8-10;6-3(5(9)10)1-2-4(7)8/h6-7H,3-5,8H2,1-2H3;3H,1-2,6H2,(H2,7,8)(H,9,10). The molecule has 1 aliphatic rings. The third-order valence-electron chi connectivity index (χ3n) is 2.75. The molecule has 0 saturated heterocycles. The Balaban J connectivity index is 0.000000361. The van der Waals surface area contributed by atoms with E-state index in [-0.39, 0.29) is 12.8 Å². The molecule has 0 saturated carbocycles. The molecule has 0 aromatic carbocycles. The SMILES string of the molecule is CCCCN1C=CN(C)C1.NC(=O)CCC(N)C(=O)O. The van der Waals surface area contributed by atoms with Gasteiger partial charge in [0.2, 0.25) is 5.91 Å². The molecule has 1 unspecified atom stereocenters. The van der Waals surface area contributed by atoms with Crippen LogP contribution in [0.3, 0.4) is 0 Å². The number of aliphatic carboxylic acids is 1. The van der Waals surface area contributed by atoms with Gasteiger partial charge in [0, 0.05) is 32.4 Å². The lowest BCUT2D eigenvalue weighted by molar-refractivity contribution is -0.138. The Morgan fingerprint density at radius 3 is 2.45 bits per heavy atom. The van der Waals surface area contributed by atoms with E-state index in [0.29, 0.717) is 0 Å². The van der Waals surface area contributed by atoms with Crippen LogP contribution in [0.15, 0.2) is 12.4 Å². The van der Waals surface area contributed by atoms with Gasteiger partial charge in [-0.2, -0.15) is 0 Å². The Labute approximate surface area is 120 Å². The van der Waals surface area contributed by atoms with Gasteiger partial charge in [-0.1, -0.05) is 13.3 Å². The molecule has 0 aromatic rings. The van der Waals surface area contributed by atoms with Crippen LogP contribution in [0.1, 0.15) is 32.6 Å². The summed E-state index contributed by atoms with van der Waals surface area (Å²) < 4.78 is 0. The number of carbonyl (C=O) groups is 2. The summed E-state index contributed by atoms with van der Waals surface area (Å²) in [6, 6.07) is -0.979. The molecule has 5 N–H and O–H groups in total. The van der Waals surface area contributed by atoms with E-state index in [1.54, 1.807) is 0 Å². The number of carboxylic acids is 1. The van der Waals surface area contributed by atoms with E-state index in [0.717, 1.165) is 6.67 Å². The maximum absolute atomic E-state index is 10.1. The average molecular weight is 286 g/mol. The molecule has 0 aliphatic carbocycles. The summed E-state index contributed by atoms with van der Waals surface area (Å²) in [5.74, 6) is -1.64. The van der Waals surface area contributed by atoms with Crippen LogP contribution in [0, 0.1) is 0 Å². The van der Waals surface area contributed by atoms with Crippen LogP contribution in [0.25, 0.3) is 0 Å². The van der Waals surface area contributed by atoms with Crippen LogP contribution in [0.2, 0.25) is 0 Å². The number of nitrogens with zero attached hydrogens (tertiary/aromatic N) is 2. The summed E-state index contributed by atoms with van der Waals surface area (Å²) in [6.45, 7) is 4.50. The van der Waals surface area contributed by atoms with Crippen LogP contribution in [-0.4, -0.2) is 53.1 Å². The van der Waals surface area contributed by atoms with Gasteiger partial charge in [-0.25, -0.2) is 0 Å². The van der Waals surface area contributed by atoms with Gasteiger partial charge in [0.15, 0.2) is 0 Å². The highest BCUT2D eigenvalue weighted by Gasteiger charge is 2.11. The first-order valence-corrected chi connectivity index (χ1v) is 6.76. The Hall–Kier alpha value is -1.76. The molecule has 20 heavy (non-hydrogen) atoms. The molecular weight excluding hydrogens is 260 g/mol. The zero-order chi connectivity index (χ0) is 15.5. The molecule has 0 aromatic heterocycles. The van der Waals surface area contributed by atoms with Crippen molar-refractivity contribution in [3.05, 3.63) is 12.4 Å². The van der Waals surface area contributed by atoms with Crippen molar-refractivity contribution >= 4 is 11.9 Å². The number of carboxylic acid groups (broad SMARTS) is 1. The minimum Gasteiger partial charge on any atom is -0.480 e. The second-order valence-corrected chi connectivity index (χ2v) is 4.81. The summed E-state index contributed by atoms with van der Waals surface area (Å²) in [6.07, 6.45) is 7.00.